The average Bonchev–Trinajstić information content (AvgIpc) is 2.59. The second-order valence-corrected chi connectivity index (χ2v) is 6.70. The van der Waals surface area contributed by atoms with Crippen LogP contribution in [-0.2, 0) is 11.2 Å². The van der Waals surface area contributed by atoms with Gasteiger partial charge < -0.3 is 15.2 Å². The predicted molar refractivity (Wildman–Crippen MR) is 98.8 cm³/mol. The Labute approximate surface area is 176 Å². The first-order valence-electron chi connectivity index (χ1n) is 9.72. The zero-order chi connectivity index (χ0) is 17.5. The van der Waals surface area contributed by atoms with Crippen LogP contribution >= 0.6 is 0 Å². The number of unbranched alkanes of at least 4 members (excludes halogenated alkanes) is 9. The van der Waals surface area contributed by atoms with Crippen LogP contribution in [0.3, 0.4) is 0 Å². The van der Waals surface area contributed by atoms with Gasteiger partial charge in [-0.05, 0) is 24.9 Å². The molecule has 4 heteroatoms. The van der Waals surface area contributed by atoms with Gasteiger partial charge in [0.15, 0.2) is 0 Å². The molecule has 0 aromatic heterocycles. The molecule has 0 aliphatic rings. The first kappa shape index (κ1) is 24.7. The van der Waals surface area contributed by atoms with Crippen molar-refractivity contribution in [2.45, 2.75) is 83.6 Å². The summed E-state index contributed by atoms with van der Waals surface area (Å²) >= 11 is 0. The van der Waals surface area contributed by atoms with Gasteiger partial charge in [-0.2, -0.15) is 0 Å². The van der Waals surface area contributed by atoms with Gasteiger partial charge in [-0.3, -0.25) is 0 Å². The van der Waals surface area contributed by atoms with Gasteiger partial charge in [-0.25, -0.2) is 0 Å². The molecule has 0 aliphatic heterocycles. The van der Waals surface area contributed by atoms with Gasteiger partial charge in [-0.1, -0.05) is 95.0 Å². The van der Waals surface area contributed by atoms with Gasteiger partial charge in [0.25, 0.3) is 0 Å². The maximum Gasteiger partial charge on any atom is 1.00 e. The van der Waals surface area contributed by atoms with E-state index in [0.29, 0.717) is 6.42 Å². The second-order valence-electron chi connectivity index (χ2n) is 6.70. The summed E-state index contributed by atoms with van der Waals surface area (Å²) < 4.78 is 0. The Morgan fingerprint density at radius 3 is 1.96 bits per heavy atom. The smallest absolute Gasteiger partial charge is 0.548 e. The Bertz CT molecular complexity index is 425. The Hall–Kier alpha value is -0.350. The molecule has 25 heavy (non-hydrogen) atoms. The third-order valence-electron chi connectivity index (χ3n) is 4.49. The van der Waals surface area contributed by atoms with Crippen molar-refractivity contribution < 1.29 is 39.5 Å². The number of rotatable bonds is 15. The number of hydrogen-bond donors (Lipinski definition) is 1. The number of carboxylic acid groups (broad SMARTS) is 1. The van der Waals surface area contributed by atoms with Crippen LogP contribution in [0.4, 0.5) is 0 Å². The van der Waals surface area contributed by atoms with E-state index in [-0.39, 0.29) is 29.6 Å². The normalized spacial score (nSPS) is 11.7. The summed E-state index contributed by atoms with van der Waals surface area (Å²) in [6, 6.07) is 9.13. The minimum atomic E-state index is -1.01. The molecule has 0 saturated heterocycles. The van der Waals surface area contributed by atoms with Gasteiger partial charge in [-0.15, -0.1) is 0 Å². The molecule has 0 aliphatic carbocycles. The molecule has 0 saturated carbocycles. The summed E-state index contributed by atoms with van der Waals surface area (Å²) in [6.07, 6.45) is 13.4. The zero-order valence-electron chi connectivity index (χ0n) is 16.3. The Morgan fingerprint density at radius 1 is 0.920 bits per heavy atom. The number of aliphatic carboxylic acids is 1. The first-order valence-corrected chi connectivity index (χ1v) is 9.72. The van der Waals surface area contributed by atoms with E-state index in [2.05, 4.69) is 12.2 Å². The van der Waals surface area contributed by atoms with Crippen molar-refractivity contribution in [3.05, 3.63) is 35.9 Å². The van der Waals surface area contributed by atoms with Crippen LogP contribution in [0.25, 0.3) is 0 Å². The molecule has 1 atom stereocenters. The van der Waals surface area contributed by atoms with E-state index in [1.807, 2.05) is 30.3 Å². The maximum atomic E-state index is 11.2. The summed E-state index contributed by atoms with van der Waals surface area (Å²) in [7, 11) is 0. The molecule has 1 rings (SSSR count). The molecule has 1 N–H and O–H groups in total. The number of carboxylic acids is 1. The Morgan fingerprint density at radius 2 is 1.44 bits per heavy atom. The maximum absolute atomic E-state index is 11.2. The number of carbonyl (C=O) groups is 1. The van der Waals surface area contributed by atoms with Crippen molar-refractivity contribution in [1.82, 2.24) is 5.32 Å². The number of benzene rings is 1. The molecule has 0 spiro atoms. The van der Waals surface area contributed by atoms with Crippen molar-refractivity contribution in [1.29, 1.82) is 0 Å². The van der Waals surface area contributed by atoms with Crippen molar-refractivity contribution in [2.75, 3.05) is 6.54 Å². The van der Waals surface area contributed by atoms with Gasteiger partial charge in [0, 0.05) is 0 Å². The van der Waals surface area contributed by atoms with Gasteiger partial charge in [0.05, 0.1) is 12.0 Å². The summed E-state index contributed by atoms with van der Waals surface area (Å²) in [5.74, 6) is -1.01. The minimum absolute atomic E-state index is 0. The Balaban J connectivity index is 0.00000576. The first-order chi connectivity index (χ1) is 11.7. The van der Waals surface area contributed by atoms with E-state index in [1.165, 1.54) is 57.8 Å². The summed E-state index contributed by atoms with van der Waals surface area (Å²) in [4.78, 5) is 11.2. The summed E-state index contributed by atoms with van der Waals surface area (Å²) in [5, 5.41) is 14.4. The molecular formula is C21H34NNaO2. The van der Waals surface area contributed by atoms with Crippen LogP contribution in [0.5, 0.6) is 0 Å². The topological polar surface area (TPSA) is 52.2 Å². The van der Waals surface area contributed by atoms with E-state index in [4.69, 9.17) is 0 Å². The van der Waals surface area contributed by atoms with Crippen LogP contribution in [-0.4, -0.2) is 18.6 Å². The van der Waals surface area contributed by atoms with Crippen molar-refractivity contribution in [3.8, 4) is 0 Å². The number of nitrogens with one attached hydrogen (secondary N) is 1. The van der Waals surface area contributed by atoms with Crippen LogP contribution in [0.15, 0.2) is 30.3 Å². The van der Waals surface area contributed by atoms with Crippen LogP contribution in [0.2, 0.25) is 0 Å². The second kappa shape index (κ2) is 17.1. The van der Waals surface area contributed by atoms with Crippen molar-refractivity contribution >= 4 is 5.97 Å². The summed E-state index contributed by atoms with van der Waals surface area (Å²) in [5.41, 5.74) is 1.03. The quantitative estimate of drug-likeness (QED) is 0.375. The molecule has 0 bridgehead atoms. The van der Waals surface area contributed by atoms with Gasteiger partial charge in [0.1, 0.15) is 0 Å². The summed E-state index contributed by atoms with van der Waals surface area (Å²) in [6.45, 7) is 3.00. The van der Waals surface area contributed by atoms with Crippen LogP contribution in [0, 0.1) is 0 Å². The molecule has 0 radical (unpaired) electrons. The van der Waals surface area contributed by atoms with Crippen LogP contribution in [0.1, 0.15) is 76.7 Å². The van der Waals surface area contributed by atoms with Crippen LogP contribution < -0.4 is 40.0 Å². The fraction of sp³-hybridized carbons (Fsp3) is 0.667. The Kier molecular flexibility index (Phi) is 16.8. The monoisotopic (exact) mass is 355 g/mol. The van der Waals surface area contributed by atoms with E-state index in [1.54, 1.807) is 0 Å². The third kappa shape index (κ3) is 13.5. The van der Waals surface area contributed by atoms with E-state index in [0.717, 1.165) is 18.5 Å². The fourth-order valence-electron chi connectivity index (χ4n) is 2.98. The van der Waals surface area contributed by atoms with Crippen molar-refractivity contribution in [3.63, 3.8) is 0 Å². The minimum Gasteiger partial charge on any atom is -0.548 e. The predicted octanol–water partition coefficient (Wildman–Crippen LogP) is 0.862. The zero-order valence-corrected chi connectivity index (χ0v) is 18.3. The molecule has 0 fully saturated rings. The molecule has 0 amide bonds. The van der Waals surface area contributed by atoms with Gasteiger partial charge in [0.2, 0.25) is 0 Å². The van der Waals surface area contributed by atoms with Crippen molar-refractivity contribution in [2.24, 2.45) is 0 Å². The molecular weight excluding hydrogens is 321 g/mol. The molecule has 0 unspecified atom stereocenters. The van der Waals surface area contributed by atoms with E-state index < -0.39 is 12.0 Å². The molecule has 1 aromatic carbocycles. The molecule has 3 nitrogen and oxygen atoms in total. The molecule has 1 aromatic rings. The molecule has 0 heterocycles. The van der Waals surface area contributed by atoms with Gasteiger partial charge >= 0.3 is 29.6 Å². The fourth-order valence-corrected chi connectivity index (χ4v) is 2.98. The number of carbonyl (C=O) groups excluding carboxylic acids is 1. The van der Waals surface area contributed by atoms with E-state index >= 15 is 0 Å². The average molecular weight is 355 g/mol. The van der Waals surface area contributed by atoms with E-state index in [9.17, 15) is 9.90 Å². The largest absolute Gasteiger partial charge is 1.00 e. The SMILES string of the molecule is CCCCCCCCCCCCN[C@@H](Cc1ccccc1)C(=O)[O-].[Na+]. The number of hydrogen-bond acceptors (Lipinski definition) is 3. The standard InChI is InChI=1S/C21H35NO2.Na/c1-2-3-4-5-6-7-8-9-10-14-17-22-20(21(23)24)18-19-15-12-11-13-16-19;/h11-13,15-16,20,22H,2-10,14,17-18H2,1H3,(H,23,24);/q;+1/p-1/t20-;/m0./s1. The third-order valence-corrected chi connectivity index (χ3v) is 4.49. The molecule has 136 valence electrons.